The molecular weight excluding hydrogens is 406 g/mol. The number of benzene rings is 2. The van der Waals surface area contributed by atoms with E-state index in [9.17, 15) is 9.90 Å². The van der Waals surface area contributed by atoms with E-state index in [1.165, 1.54) is 5.56 Å². The van der Waals surface area contributed by atoms with Crippen LogP contribution in [0.2, 0.25) is 0 Å². The molecule has 2 aromatic carbocycles. The van der Waals surface area contributed by atoms with Crippen LogP contribution in [0.5, 0.6) is 5.75 Å². The first kappa shape index (κ1) is 20.1. The Morgan fingerprint density at radius 1 is 1.06 bits per heavy atom. The molecule has 6 rings (SSSR count). The summed E-state index contributed by atoms with van der Waals surface area (Å²) in [6, 6.07) is 14.9. The summed E-state index contributed by atoms with van der Waals surface area (Å²) >= 11 is 0. The van der Waals surface area contributed by atoms with Crippen molar-refractivity contribution < 1.29 is 14.6 Å². The molecule has 2 aliphatic heterocycles. The van der Waals surface area contributed by atoms with E-state index in [-0.39, 0.29) is 17.5 Å². The van der Waals surface area contributed by atoms with Crippen LogP contribution in [0.25, 0.3) is 11.1 Å². The van der Waals surface area contributed by atoms with Crippen LogP contribution in [-0.4, -0.2) is 41.7 Å². The lowest BCUT2D eigenvalue weighted by atomic mass is 9.95. The van der Waals surface area contributed by atoms with Crippen LogP contribution in [0.4, 0.5) is 0 Å². The van der Waals surface area contributed by atoms with Gasteiger partial charge in [0.15, 0.2) is 0 Å². The van der Waals surface area contributed by atoms with E-state index in [1.54, 1.807) is 7.11 Å². The Balaban J connectivity index is 1.19. The van der Waals surface area contributed by atoms with Crippen molar-refractivity contribution in [3.8, 4) is 16.9 Å². The number of carbonyl (C=O) groups excluding carboxylic acids is 1. The Hall–Kier alpha value is -2.49. The maximum absolute atomic E-state index is 12.5. The monoisotopic (exact) mass is 435 g/mol. The van der Waals surface area contributed by atoms with Crippen LogP contribution in [0.1, 0.15) is 48.9 Å². The molecule has 2 saturated carbocycles. The van der Waals surface area contributed by atoms with Crippen molar-refractivity contribution in [3.05, 3.63) is 53.6 Å². The maximum Gasteiger partial charge on any atom is 0.254 e. The number of nitrogens with zero attached hydrogens (tertiary/aromatic N) is 1. The number of methoxy groups -OCH3 is 1. The van der Waals surface area contributed by atoms with Crippen LogP contribution in [-0.2, 0) is 4.79 Å². The lowest BCUT2D eigenvalue weighted by Crippen LogP contribution is -2.39. The molecule has 0 bridgehead atoms. The molecular formula is C24H29N5O3. The van der Waals surface area contributed by atoms with Gasteiger partial charge in [-0.05, 0) is 65.8 Å². The van der Waals surface area contributed by atoms with E-state index in [2.05, 4.69) is 52.3 Å². The molecule has 4 fully saturated rings. The second-order valence-electron chi connectivity index (χ2n) is 9.68. The van der Waals surface area contributed by atoms with Crippen molar-refractivity contribution >= 4 is 5.91 Å². The second kappa shape index (κ2) is 7.26. The van der Waals surface area contributed by atoms with Crippen LogP contribution in [0.15, 0.2) is 42.5 Å². The number of hydrogen-bond acceptors (Lipinski definition) is 7. The zero-order chi connectivity index (χ0) is 21.9. The number of carbonyl (C=O) groups is 1. The number of nitrogens with one attached hydrogen (secondary N) is 4. The summed E-state index contributed by atoms with van der Waals surface area (Å²) in [5.41, 5.74) is 15.7. The number of ether oxygens (including phenoxy) is 1. The highest BCUT2D eigenvalue weighted by Crippen LogP contribution is 2.64. The highest BCUT2D eigenvalue weighted by molar-refractivity contribution is 5.88. The third kappa shape index (κ3) is 3.30. The van der Waals surface area contributed by atoms with Gasteiger partial charge in [0.1, 0.15) is 17.5 Å². The predicted octanol–water partition coefficient (Wildman–Crippen LogP) is 1.71. The quantitative estimate of drug-likeness (QED) is 0.488. The first-order valence-corrected chi connectivity index (χ1v) is 11.3. The molecule has 0 radical (unpaired) electrons. The summed E-state index contributed by atoms with van der Waals surface area (Å²) in [4.78, 5) is 14.4. The van der Waals surface area contributed by atoms with Gasteiger partial charge >= 0.3 is 0 Å². The summed E-state index contributed by atoms with van der Waals surface area (Å²) in [5, 5.41) is 10.2. The lowest BCUT2D eigenvalue weighted by molar-refractivity contribution is -0.141. The van der Waals surface area contributed by atoms with Crippen LogP contribution < -0.4 is 26.7 Å². The smallest absolute Gasteiger partial charge is 0.254 e. The van der Waals surface area contributed by atoms with Crippen LogP contribution >= 0.6 is 0 Å². The molecule has 1 spiro atoms. The minimum Gasteiger partial charge on any atom is -0.496 e. The zero-order valence-corrected chi connectivity index (χ0v) is 18.1. The van der Waals surface area contributed by atoms with Gasteiger partial charge in [-0.15, -0.1) is 0 Å². The molecule has 2 heterocycles. The summed E-state index contributed by atoms with van der Waals surface area (Å²) in [6.07, 6.45) is 3.34. The van der Waals surface area contributed by atoms with E-state index in [4.69, 9.17) is 4.74 Å². The summed E-state index contributed by atoms with van der Waals surface area (Å²) in [7, 11) is 1.70. The number of likely N-dealkylation sites (tertiary alicyclic amines) is 1. The Morgan fingerprint density at radius 3 is 2.47 bits per heavy atom. The van der Waals surface area contributed by atoms with Gasteiger partial charge in [0.2, 0.25) is 0 Å². The number of amides is 1. The van der Waals surface area contributed by atoms with E-state index >= 15 is 0 Å². The van der Waals surface area contributed by atoms with Gasteiger partial charge in [-0.2, -0.15) is 11.1 Å². The molecule has 32 heavy (non-hydrogen) atoms. The average Bonchev–Trinajstić information content (AvgIpc) is 3.56. The van der Waals surface area contributed by atoms with Crippen LogP contribution in [0, 0.1) is 5.41 Å². The van der Waals surface area contributed by atoms with Gasteiger partial charge in [-0.25, -0.2) is 10.9 Å². The average molecular weight is 436 g/mol. The number of aliphatic hydroxyl groups is 1. The standard InChI is InChI=1S/C24H29N5O3/c1-32-20-7-6-17(21-25-27-28-26-21)12-18(20)15-2-4-16(5-3-15)19-13-23(19)10-11-29(14-23)22(30)24(31)8-9-24/h2-7,12,19,21,25-28,31H,8-11,13-14H2,1H3/t19-,23-/m1/s1. The minimum atomic E-state index is -1.05. The van der Waals surface area contributed by atoms with Crippen LogP contribution in [0.3, 0.4) is 0 Å². The van der Waals surface area contributed by atoms with E-state index in [1.807, 2.05) is 17.0 Å². The fraction of sp³-hybridized carbons (Fsp3) is 0.458. The molecule has 8 nitrogen and oxygen atoms in total. The van der Waals surface area contributed by atoms with Gasteiger partial charge in [-0.1, -0.05) is 30.3 Å². The van der Waals surface area contributed by atoms with Crippen molar-refractivity contribution in [2.75, 3.05) is 20.2 Å². The molecule has 0 unspecified atom stereocenters. The Labute approximate surface area is 187 Å². The van der Waals surface area contributed by atoms with Crippen molar-refractivity contribution in [2.45, 2.75) is 43.4 Å². The molecule has 2 saturated heterocycles. The fourth-order valence-electron chi connectivity index (χ4n) is 5.41. The van der Waals surface area contributed by atoms with Crippen molar-refractivity contribution in [3.63, 3.8) is 0 Å². The van der Waals surface area contributed by atoms with E-state index < -0.39 is 5.60 Å². The predicted molar refractivity (Wildman–Crippen MR) is 119 cm³/mol. The second-order valence-corrected chi connectivity index (χ2v) is 9.68. The third-order valence-electron chi connectivity index (χ3n) is 7.66. The van der Waals surface area contributed by atoms with Gasteiger partial charge in [0, 0.05) is 18.7 Å². The normalized spacial score (nSPS) is 28.3. The topological polar surface area (TPSA) is 97.9 Å². The molecule has 4 aliphatic rings. The largest absolute Gasteiger partial charge is 0.496 e. The van der Waals surface area contributed by atoms with E-state index in [0.717, 1.165) is 48.4 Å². The van der Waals surface area contributed by atoms with Crippen molar-refractivity contribution in [1.29, 1.82) is 0 Å². The molecule has 5 N–H and O–H groups in total. The molecule has 8 heteroatoms. The van der Waals surface area contributed by atoms with Crippen molar-refractivity contribution in [1.82, 2.24) is 26.8 Å². The summed E-state index contributed by atoms with van der Waals surface area (Å²) in [6.45, 7) is 1.55. The third-order valence-corrected chi connectivity index (χ3v) is 7.66. The maximum atomic E-state index is 12.5. The number of hydrogen-bond donors (Lipinski definition) is 5. The Kier molecular flexibility index (Phi) is 4.57. The first-order valence-electron chi connectivity index (χ1n) is 11.3. The Bertz CT molecular complexity index is 1050. The van der Waals surface area contributed by atoms with E-state index in [0.29, 0.717) is 18.8 Å². The minimum absolute atomic E-state index is 0.0352. The molecule has 168 valence electrons. The summed E-state index contributed by atoms with van der Waals surface area (Å²) in [5.74, 6) is 1.27. The van der Waals surface area contributed by atoms with Gasteiger partial charge in [0.05, 0.1) is 7.11 Å². The van der Waals surface area contributed by atoms with Crippen molar-refractivity contribution in [2.24, 2.45) is 5.41 Å². The lowest BCUT2D eigenvalue weighted by Gasteiger charge is -2.20. The first-order chi connectivity index (χ1) is 15.5. The Morgan fingerprint density at radius 2 is 1.78 bits per heavy atom. The fourth-order valence-corrected chi connectivity index (χ4v) is 5.41. The zero-order valence-electron chi connectivity index (χ0n) is 18.1. The van der Waals surface area contributed by atoms with Gasteiger partial charge in [-0.3, -0.25) is 4.79 Å². The molecule has 1 amide bonds. The number of rotatable bonds is 5. The molecule has 0 aromatic heterocycles. The molecule has 2 aromatic rings. The highest BCUT2D eigenvalue weighted by atomic mass is 16.5. The molecule has 2 aliphatic carbocycles. The van der Waals surface area contributed by atoms with Gasteiger partial charge in [0.25, 0.3) is 5.91 Å². The SMILES string of the molecule is COc1ccc(C2NNNN2)cc1-c1ccc([C@H]2C[C@@]23CCN(C(=O)C2(O)CC2)C3)cc1. The molecule has 2 atom stereocenters. The number of hydrazine groups is 3. The summed E-state index contributed by atoms with van der Waals surface area (Å²) < 4.78 is 5.62. The van der Waals surface area contributed by atoms with Gasteiger partial charge < -0.3 is 14.7 Å². The highest BCUT2D eigenvalue weighted by Gasteiger charge is 2.61.